The van der Waals surface area contributed by atoms with Gasteiger partial charge in [-0.2, -0.15) is 0 Å². The first-order chi connectivity index (χ1) is 11.0. The summed E-state index contributed by atoms with van der Waals surface area (Å²) in [7, 11) is 3.73. The molecule has 3 radical (unpaired) electrons. The molecule has 0 aromatic heterocycles. The van der Waals surface area contributed by atoms with Gasteiger partial charge < -0.3 is 4.74 Å². The van der Waals surface area contributed by atoms with Gasteiger partial charge in [0, 0.05) is 19.7 Å². The Hall–Kier alpha value is -1.46. The van der Waals surface area contributed by atoms with Gasteiger partial charge in [-0.05, 0) is 43.0 Å². The first-order valence-electron chi connectivity index (χ1n) is 8.02. The minimum absolute atomic E-state index is 0.602. The number of nitrogens with one attached hydrogen (secondary N) is 2. The molecule has 0 spiro atoms. The second kappa shape index (κ2) is 8.41. The summed E-state index contributed by atoms with van der Waals surface area (Å²) in [6, 6.07) is 16.7. The molecular formula is C19H25N2OSi. The van der Waals surface area contributed by atoms with Crippen molar-refractivity contribution >= 4 is 10.2 Å². The van der Waals surface area contributed by atoms with E-state index in [1.54, 1.807) is 0 Å². The van der Waals surface area contributed by atoms with Crippen LogP contribution < -0.4 is 10.6 Å². The molecule has 2 aromatic carbocycles. The van der Waals surface area contributed by atoms with E-state index in [0.717, 1.165) is 13.1 Å². The van der Waals surface area contributed by atoms with Crippen molar-refractivity contribution in [3.63, 3.8) is 0 Å². The monoisotopic (exact) mass is 325 g/mol. The minimum atomic E-state index is -0.751. The Morgan fingerprint density at radius 3 is 1.70 bits per heavy atom. The highest BCUT2D eigenvalue weighted by molar-refractivity contribution is 6.13. The zero-order chi connectivity index (χ0) is 16.7. The van der Waals surface area contributed by atoms with Crippen molar-refractivity contribution in [2.24, 2.45) is 0 Å². The Balaban J connectivity index is 2.00. The molecule has 0 bridgehead atoms. The van der Waals surface area contributed by atoms with Gasteiger partial charge in [-0.3, -0.25) is 10.6 Å². The topological polar surface area (TPSA) is 33.3 Å². The number of aryl methyl sites for hydroxylation is 2. The summed E-state index contributed by atoms with van der Waals surface area (Å²) in [6.45, 7) is 8.26. The van der Waals surface area contributed by atoms with Crippen molar-refractivity contribution in [1.82, 2.24) is 10.6 Å². The van der Waals surface area contributed by atoms with Gasteiger partial charge in [-0.15, -0.1) is 0 Å². The molecule has 0 atom stereocenters. The van der Waals surface area contributed by atoms with E-state index in [0.29, 0.717) is 6.61 Å². The molecule has 0 fully saturated rings. The van der Waals surface area contributed by atoms with Crippen LogP contribution in [0.5, 0.6) is 0 Å². The van der Waals surface area contributed by atoms with Gasteiger partial charge in [-0.25, -0.2) is 0 Å². The van der Waals surface area contributed by atoms with E-state index in [1.165, 1.54) is 22.3 Å². The molecule has 2 N–H and O–H groups in total. The van der Waals surface area contributed by atoms with Crippen LogP contribution in [0.15, 0.2) is 48.5 Å². The van der Waals surface area contributed by atoms with Crippen LogP contribution in [-0.4, -0.2) is 22.3 Å². The van der Waals surface area contributed by atoms with Gasteiger partial charge in [0.25, 0.3) is 0 Å². The number of benzene rings is 2. The van der Waals surface area contributed by atoms with E-state index in [4.69, 9.17) is 4.74 Å². The molecule has 0 saturated carbocycles. The molecule has 0 amide bonds. The van der Waals surface area contributed by atoms with E-state index in [1.807, 2.05) is 6.92 Å². The van der Waals surface area contributed by atoms with Crippen LogP contribution in [0.25, 0.3) is 0 Å². The maximum atomic E-state index is 5.84. The zero-order valence-electron chi connectivity index (χ0n) is 14.1. The van der Waals surface area contributed by atoms with E-state index < -0.39 is 5.47 Å². The lowest BCUT2D eigenvalue weighted by Gasteiger charge is -2.32. The summed E-state index contributed by atoms with van der Waals surface area (Å²) >= 11 is 0. The fraction of sp³-hybridized carbons (Fsp3) is 0.368. The second-order valence-corrected chi connectivity index (χ2v) is 6.38. The molecule has 0 unspecified atom stereocenters. The average molecular weight is 326 g/mol. The molecule has 2 aromatic rings. The zero-order valence-corrected chi connectivity index (χ0v) is 15.1. The van der Waals surface area contributed by atoms with E-state index in [-0.39, 0.29) is 0 Å². The lowest BCUT2D eigenvalue weighted by Crippen LogP contribution is -2.59. The van der Waals surface area contributed by atoms with Gasteiger partial charge >= 0.3 is 0 Å². The average Bonchev–Trinajstić information content (AvgIpc) is 2.54. The smallest absolute Gasteiger partial charge is 0.149 e. The molecule has 0 heterocycles. The lowest BCUT2D eigenvalue weighted by molar-refractivity contribution is -0.0272. The molecule has 0 aliphatic carbocycles. The summed E-state index contributed by atoms with van der Waals surface area (Å²) in [5.74, 6) is 0. The summed E-state index contributed by atoms with van der Waals surface area (Å²) in [5, 5.41) is 6.85. The lowest BCUT2D eigenvalue weighted by atomic mass is 10.1. The second-order valence-electron chi connectivity index (χ2n) is 5.67. The quantitative estimate of drug-likeness (QED) is 0.578. The largest absolute Gasteiger partial charge is 0.352 e. The number of hydrogen-bond donors (Lipinski definition) is 2. The minimum Gasteiger partial charge on any atom is -0.352 e. The Bertz CT molecular complexity index is 581. The fourth-order valence-corrected chi connectivity index (χ4v) is 2.76. The van der Waals surface area contributed by atoms with Crippen LogP contribution in [-0.2, 0) is 17.8 Å². The highest BCUT2D eigenvalue weighted by atomic mass is 28.1. The normalized spacial score (nSPS) is 11.7. The van der Waals surface area contributed by atoms with Crippen LogP contribution >= 0.6 is 0 Å². The maximum absolute atomic E-state index is 5.84. The fourth-order valence-electron chi connectivity index (χ4n) is 2.44. The number of hydrogen-bond acceptors (Lipinski definition) is 3. The summed E-state index contributed by atoms with van der Waals surface area (Å²) in [5.41, 5.74) is 4.30. The van der Waals surface area contributed by atoms with Crippen LogP contribution in [0, 0.1) is 13.8 Å². The van der Waals surface area contributed by atoms with Crippen molar-refractivity contribution in [2.45, 2.75) is 39.3 Å². The predicted molar refractivity (Wildman–Crippen MR) is 96.1 cm³/mol. The predicted octanol–water partition coefficient (Wildman–Crippen LogP) is 3.00. The SMILES string of the molecule is CCOC([Si])(NCc1ccccc1C)NCc1ccccc1C. The molecular weight excluding hydrogens is 300 g/mol. The Kier molecular flexibility index (Phi) is 6.54. The van der Waals surface area contributed by atoms with Gasteiger partial charge in [0.05, 0.1) is 0 Å². The molecule has 2 rings (SSSR count). The standard InChI is InChI=1S/C19H25N2OSi/c1-4-22-19(23,20-13-17-11-7-5-9-15(17)2)21-14-18-12-8-6-10-16(18)3/h5-12,20-21H,4,13-14H2,1-3H3. The molecule has 121 valence electrons. The van der Waals surface area contributed by atoms with Crippen molar-refractivity contribution in [3.05, 3.63) is 70.8 Å². The Labute approximate surface area is 142 Å². The van der Waals surface area contributed by atoms with E-state index >= 15 is 0 Å². The Morgan fingerprint density at radius 2 is 1.30 bits per heavy atom. The molecule has 0 aliphatic rings. The molecule has 3 nitrogen and oxygen atoms in total. The highest BCUT2D eigenvalue weighted by Gasteiger charge is 2.23. The number of ether oxygens (including phenoxy) is 1. The van der Waals surface area contributed by atoms with Crippen LogP contribution in [0.3, 0.4) is 0 Å². The van der Waals surface area contributed by atoms with E-state index in [2.05, 4.69) is 83.3 Å². The van der Waals surface area contributed by atoms with Crippen LogP contribution in [0.4, 0.5) is 0 Å². The maximum Gasteiger partial charge on any atom is 0.149 e. The number of rotatable bonds is 8. The van der Waals surface area contributed by atoms with Crippen LogP contribution in [0.1, 0.15) is 29.2 Å². The third-order valence-corrected chi connectivity index (χ3v) is 4.44. The van der Waals surface area contributed by atoms with Crippen molar-refractivity contribution in [2.75, 3.05) is 6.61 Å². The molecule has 0 aliphatic heterocycles. The summed E-state index contributed by atoms with van der Waals surface area (Å²) in [6.07, 6.45) is 0. The van der Waals surface area contributed by atoms with Gasteiger partial charge in [-0.1, -0.05) is 48.5 Å². The third kappa shape index (κ3) is 5.29. The summed E-state index contributed by atoms with van der Waals surface area (Å²) in [4.78, 5) is 0. The van der Waals surface area contributed by atoms with Crippen molar-refractivity contribution in [1.29, 1.82) is 0 Å². The van der Waals surface area contributed by atoms with Crippen molar-refractivity contribution < 1.29 is 4.74 Å². The highest BCUT2D eigenvalue weighted by Crippen LogP contribution is 2.11. The molecule has 4 heteroatoms. The Morgan fingerprint density at radius 1 is 0.870 bits per heavy atom. The summed E-state index contributed by atoms with van der Waals surface area (Å²) < 4.78 is 5.84. The van der Waals surface area contributed by atoms with Gasteiger partial charge in [0.15, 0.2) is 0 Å². The van der Waals surface area contributed by atoms with Crippen LogP contribution in [0.2, 0.25) is 0 Å². The van der Waals surface area contributed by atoms with Gasteiger partial charge in [0.2, 0.25) is 0 Å². The molecule has 0 saturated heterocycles. The van der Waals surface area contributed by atoms with E-state index in [9.17, 15) is 0 Å². The van der Waals surface area contributed by atoms with Crippen molar-refractivity contribution in [3.8, 4) is 0 Å². The van der Waals surface area contributed by atoms with Gasteiger partial charge in [0.1, 0.15) is 15.7 Å². The third-order valence-electron chi connectivity index (χ3n) is 3.94. The first kappa shape index (κ1) is 17.9. The molecule has 23 heavy (non-hydrogen) atoms. The first-order valence-corrected chi connectivity index (χ1v) is 8.52.